The number of aromatic nitrogens is 1. The SMILES string of the molecule is C#C.C=C(C)/C=C\Cc1sc(C)nc1C. The summed E-state index contributed by atoms with van der Waals surface area (Å²) in [5, 5.41) is 1.15. The van der Waals surface area contributed by atoms with Gasteiger partial charge in [0, 0.05) is 11.3 Å². The van der Waals surface area contributed by atoms with Crippen LogP contribution in [-0.2, 0) is 6.42 Å². The van der Waals surface area contributed by atoms with Gasteiger partial charge in [-0.15, -0.1) is 24.2 Å². The molecule has 0 atom stereocenters. The van der Waals surface area contributed by atoms with Gasteiger partial charge in [-0.05, 0) is 20.8 Å². The maximum atomic E-state index is 4.37. The first-order valence-electron chi connectivity index (χ1n) is 4.68. The van der Waals surface area contributed by atoms with Crippen molar-refractivity contribution in [3.63, 3.8) is 0 Å². The van der Waals surface area contributed by atoms with E-state index in [1.165, 1.54) is 4.88 Å². The fourth-order valence-corrected chi connectivity index (χ4v) is 2.04. The highest BCUT2D eigenvalue weighted by Crippen LogP contribution is 2.17. The molecule has 0 aliphatic rings. The molecule has 0 saturated heterocycles. The minimum atomic E-state index is 0.976. The maximum absolute atomic E-state index is 4.37. The van der Waals surface area contributed by atoms with Crippen molar-refractivity contribution in [1.82, 2.24) is 4.98 Å². The van der Waals surface area contributed by atoms with E-state index in [1.807, 2.05) is 13.8 Å². The number of nitrogens with zero attached hydrogens (tertiary/aromatic N) is 1. The molecule has 0 aromatic carbocycles. The summed E-state index contributed by atoms with van der Waals surface area (Å²) in [7, 11) is 0. The zero-order chi connectivity index (χ0) is 11.8. The van der Waals surface area contributed by atoms with E-state index in [-0.39, 0.29) is 0 Å². The van der Waals surface area contributed by atoms with Gasteiger partial charge in [-0.25, -0.2) is 4.98 Å². The molecule has 0 fully saturated rings. The number of terminal acetylenes is 1. The first kappa shape index (κ1) is 13.7. The van der Waals surface area contributed by atoms with Crippen LogP contribution in [0.1, 0.15) is 22.5 Å². The summed E-state index contributed by atoms with van der Waals surface area (Å²) in [5.41, 5.74) is 2.26. The van der Waals surface area contributed by atoms with Crippen molar-refractivity contribution in [3.05, 3.63) is 39.9 Å². The quantitative estimate of drug-likeness (QED) is 0.558. The zero-order valence-electron chi connectivity index (χ0n) is 9.58. The summed E-state index contributed by atoms with van der Waals surface area (Å²) in [6, 6.07) is 0. The minimum absolute atomic E-state index is 0.976. The molecule has 0 spiro atoms. The third-order valence-electron chi connectivity index (χ3n) is 1.71. The number of allylic oxidation sites excluding steroid dienone is 3. The lowest BCUT2D eigenvalue weighted by atomic mass is 10.2. The van der Waals surface area contributed by atoms with Crippen LogP contribution >= 0.6 is 11.3 Å². The molecular weight excluding hydrogens is 202 g/mol. The molecule has 0 aliphatic heterocycles. The Bertz CT molecular complexity index is 369. The van der Waals surface area contributed by atoms with E-state index < -0.39 is 0 Å². The van der Waals surface area contributed by atoms with E-state index in [4.69, 9.17) is 0 Å². The van der Waals surface area contributed by atoms with E-state index >= 15 is 0 Å². The molecule has 1 heterocycles. The van der Waals surface area contributed by atoms with Gasteiger partial charge >= 0.3 is 0 Å². The number of hydrogen-bond acceptors (Lipinski definition) is 2. The molecule has 0 amide bonds. The number of thiazole rings is 1. The summed E-state index contributed by atoms with van der Waals surface area (Å²) in [6.07, 6.45) is 13.2. The van der Waals surface area contributed by atoms with Crippen molar-refractivity contribution in [1.29, 1.82) is 0 Å². The summed E-state index contributed by atoms with van der Waals surface area (Å²) in [6.45, 7) is 9.92. The first-order valence-corrected chi connectivity index (χ1v) is 5.49. The standard InChI is InChI=1S/C11H15NS.C2H2/c1-8(2)6-5-7-11-9(3)12-10(4)13-11;1-2/h5-6H,1,7H2,2-4H3;1-2H/b6-5-;. The van der Waals surface area contributed by atoms with E-state index in [0.717, 1.165) is 22.7 Å². The zero-order valence-corrected chi connectivity index (χ0v) is 10.4. The van der Waals surface area contributed by atoms with Gasteiger partial charge in [-0.2, -0.15) is 0 Å². The van der Waals surface area contributed by atoms with Gasteiger partial charge in [0.1, 0.15) is 0 Å². The Morgan fingerprint density at radius 1 is 1.47 bits per heavy atom. The lowest BCUT2D eigenvalue weighted by Gasteiger charge is -1.90. The fourth-order valence-electron chi connectivity index (χ4n) is 1.13. The molecule has 0 unspecified atom stereocenters. The molecule has 1 rings (SSSR count). The topological polar surface area (TPSA) is 12.9 Å². The molecule has 0 saturated carbocycles. The van der Waals surface area contributed by atoms with E-state index in [2.05, 4.69) is 43.5 Å². The van der Waals surface area contributed by atoms with Crippen LogP contribution in [0.2, 0.25) is 0 Å². The molecule has 1 aromatic rings. The molecular formula is C13H17NS. The van der Waals surface area contributed by atoms with Crippen LogP contribution in [0.25, 0.3) is 0 Å². The van der Waals surface area contributed by atoms with Gasteiger partial charge in [0.15, 0.2) is 0 Å². The maximum Gasteiger partial charge on any atom is 0.0900 e. The second-order valence-corrected chi connectivity index (χ2v) is 4.48. The van der Waals surface area contributed by atoms with Gasteiger partial charge in [0.25, 0.3) is 0 Å². The normalized spacial score (nSPS) is 9.67. The summed E-state index contributed by atoms with van der Waals surface area (Å²) in [4.78, 5) is 5.73. The Morgan fingerprint density at radius 2 is 2.07 bits per heavy atom. The van der Waals surface area contributed by atoms with Crippen molar-refractivity contribution in [2.75, 3.05) is 0 Å². The lowest BCUT2D eigenvalue weighted by molar-refractivity contribution is 1.15. The predicted molar refractivity (Wildman–Crippen MR) is 69.1 cm³/mol. The average Bonchev–Trinajstić information content (AvgIpc) is 2.48. The lowest BCUT2D eigenvalue weighted by Crippen LogP contribution is -1.80. The molecule has 0 bridgehead atoms. The molecule has 0 N–H and O–H groups in total. The van der Waals surface area contributed by atoms with Crippen LogP contribution in [-0.4, -0.2) is 4.98 Å². The van der Waals surface area contributed by atoms with Crippen molar-refractivity contribution >= 4 is 11.3 Å². The molecule has 15 heavy (non-hydrogen) atoms. The van der Waals surface area contributed by atoms with Crippen molar-refractivity contribution < 1.29 is 0 Å². The van der Waals surface area contributed by atoms with Crippen LogP contribution in [0.4, 0.5) is 0 Å². The molecule has 1 nitrogen and oxygen atoms in total. The van der Waals surface area contributed by atoms with Crippen molar-refractivity contribution in [2.45, 2.75) is 27.2 Å². The molecule has 1 aromatic heterocycles. The summed E-state index contributed by atoms with van der Waals surface area (Å²) < 4.78 is 0. The number of aryl methyl sites for hydroxylation is 2. The monoisotopic (exact) mass is 219 g/mol. The van der Waals surface area contributed by atoms with Crippen LogP contribution in [0.15, 0.2) is 24.3 Å². The Balaban J connectivity index is 0.000000921. The number of rotatable bonds is 3. The largest absolute Gasteiger partial charge is 0.247 e. The van der Waals surface area contributed by atoms with Gasteiger partial charge in [0.2, 0.25) is 0 Å². The fraction of sp³-hybridized carbons (Fsp3) is 0.308. The highest BCUT2D eigenvalue weighted by atomic mass is 32.1. The van der Waals surface area contributed by atoms with Gasteiger partial charge in [-0.3, -0.25) is 0 Å². The summed E-state index contributed by atoms with van der Waals surface area (Å²) in [5.74, 6) is 0. The molecule has 2 heteroatoms. The highest BCUT2D eigenvalue weighted by Gasteiger charge is 2.01. The van der Waals surface area contributed by atoms with Crippen LogP contribution < -0.4 is 0 Å². The van der Waals surface area contributed by atoms with Crippen molar-refractivity contribution in [3.8, 4) is 12.8 Å². The third-order valence-corrected chi connectivity index (χ3v) is 2.80. The smallest absolute Gasteiger partial charge is 0.0900 e. The van der Waals surface area contributed by atoms with Crippen LogP contribution in [0.5, 0.6) is 0 Å². The number of hydrogen-bond donors (Lipinski definition) is 0. The molecule has 0 aliphatic carbocycles. The van der Waals surface area contributed by atoms with Gasteiger partial charge in [-0.1, -0.05) is 24.3 Å². The molecule has 80 valence electrons. The average molecular weight is 219 g/mol. The van der Waals surface area contributed by atoms with Crippen LogP contribution in [0.3, 0.4) is 0 Å². The second-order valence-electron chi connectivity index (χ2n) is 3.19. The Labute approximate surface area is 96.6 Å². The van der Waals surface area contributed by atoms with Gasteiger partial charge in [0.05, 0.1) is 10.7 Å². The Hall–Kier alpha value is -1.33. The molecule has 0 radical (unpaired) electrons. The second kappa shape index (κ2) is 7.03. The third kappa shape index (κ3) is 5.19. The first-order chi connectivity index (χ1) is 7.09. The van der Waals surface area contributed by atoms with Gasteiger partial charge < -0.3 is 0 Å². The van der Waals surface area contributed by atoms with Crippen molar-refractivity contribution in [2.24, 2.45) is 0 Å². The van der Waals surface area contributed by atoms with E-state index in [1.54, 1.807) is 11.3 Å². The van der Waals surface area contributed by atoms with E-state index in [0.29, 0.717) is 0 Å². The van der Waals surface area contributed by atoms with Crippen LogP contribution in [0, 0.1) is 26.7 Å². The Morgan fingerprint density at radius 3 is 2.47 bits per heavy atom. The summed E-state index contributed by atoms with van der Waals surface area (Å²) >= 11 is 1.77. The Kier molecular flexibility index (Phi) is 6.40. The predicted octanol–water partition coefficient (Wildman–Crippen LogP) is 3.68. The minimum Gasteiger partial charge on any atom is -0.247 e. The highest BCUT2D eigenvalue weighted by molar-refractivity contribution is 7.11. The van der Waals surface area contributed by atoms with E-state index in [9.17, 15) is 0 Å².